The average molecular weight is 279 g/mol. The van der Waals surface area contributed by atoms with Gasteiger partial charge in [0.05, 0.1) is 20.6 Å². The topological polar surface area (TPSA) is 56.8 Å². The van der Waals surface area contributed by atoms with Crippen LogP contribution in [0.5, 0.6) is 11.5 Å². The minimum Gasteiger partial charge on any atom is -0.496 e. The van der Waals surface area contributed by atoms with Crippen LogP contribution in [0.15, 0.2) is 12.1 Å². The highest BCUT2D eigenvalue weighted by Gasteiger charge is 2.21. The van der Waals surface area contributed by atoms with E-state index in [9.17, 15) is 4.79 Å². The van der Waals surface area contributed by atoms with Gasteiger partial charge in [0, 0.05) is 30.6 Å². The summed E-state index contributed by atoms with van der Waals surface area (Å²) in [6, 6.07) is 4.05. The lowest BCUT2D eigenvalue weighted by Gasteiger charge is -2.11. The van der Waals surface area contributed by atoms with E-state index < -0.39 is 0 Å². The molecule has 0 fully saturated rings. The SMILES string of the molecule is COC(=O)CCNCc1cc2c(cc1OC)CC(C)O2. The summed E-state index contributed by atoms with van der Waals surface area (Å²) in [4.78, 5) is 11.0. The predicted molar refractivity (Wildman–Crippen MR) is 75.1 cm³/mol. The summed E-state index contributed by atoms with van der Waals surface area (Å²) in [6.07, 6.45) is 1.50. The van der Waals surface area contributed by atoms with Crippen LogP contribution in [0.4, 0.5) is 0 Å². The third kappa shape index (κ3) is 3.42. The zero-order chi connectivity index (χ0) is 14.5. The number of hydrogen-bond acceptors (Lipinski definition) is 5. The zero-order valence-corrected chi connectivity index (χ0v) is 12.2. The highest BCUT2D eigenvalue weighted by Crippen LogP contribution is 2.34. The molecule has 0 bridgehead atoms. The van der Waals surface area contributed by atoms with Crippen molar-refractivity contribution in [3.8, 4) is 11.5 Å². The van der Waals surface area contributed by atoms with Gasteiger partial charge in [-0.3, -0.25) is 4.79 Å². The van der Waals surface area contributed by atoms with E-state index in [0.29, 0.717) is 19.5 Å². The third-order valence-corrected chi connectivity index (χ3v) is 3.35. The Kier molecular flexibility index (Phi) is 4.84. The maximum Gasteiger partial charge on any atom is 0.306 e. The van der Waals surface area contributed by atoms with Crippen LogP contribution in [0.25, 0.3) is 0 Å². The van der Waals surface area contributed by atoms with Gasteiger partial charge in [-0.1, -0.05) is 0 Å². The van der Waals surface area contributed by atoms with Crippen LogP contribution < -0.4 is 14.8 Å². The Morgan fingerprint density at radius 2 is 2.25 bits per heavy atom. The van der Waals surface area contributed by atoms with Gasteiger partial charge in [-0.05, 0) is 19.1 Å². The quantitative estimate of drug-likeness (QED) is 0.634. The van der Waals surface area contributed by atoms with Gasteiger partial charge in [0.25, 0.3) is 0 Å². The van der Waals surface area contributed by atoms with Crippen LogP contribution in [-0.2, 0) is 22.5 Å². The molecule has 20 heavy (non-hydrogen) atoms. The minimum absolute atomic E-state index is 0.212. The number of rotatable bonds is 6. The molecule has 5 heteroatoms. The molecule has 0 saturated heterocycles. The van der Waals surface area contributed by atoms with Gasteiger partial charge in [0.15, 0.2) is 0 Å². The monoisotopic (exact) mass is 279 g/mol. The second kappa shape index (κ2) is 6.61. The Hall–Kier alpha value is -1.75. The molecule has 0 amide bonds. The summed E-state index contributed by atoms with van der Waals surface area (Å²) in [5, 5.41) is 3.21. The lowest BCUT2D eigenvalue weighted by molar-refractivity contribution is -0.140. The van der Waals surface area contributed by atoms with E-state index in [1.165, 1.54) is 12.7 Å². The van der Waals surface area contributed by atoms with E-state index >= 15 is 0 Å². The number of methoxy groups -OCH3 is 2. The van der Waals surface area contributed by atoms with Crippen molar-refractivity contribution in [3.63, 3.8) is 0 Å². The van der Waals surface area contributed by atoms with Gasteiger partial charge >= 0.3 is 5.97 Å². The van der Waals surface area contributed by atoms with Crippen molar-refractivity contribution in [2.45, 2.75) is 32.4 Å². The lowest BCUT2D eigenvalue weighted by Crippen LogP contribution is -2.18. The molecular weight excluding hydrogens is 258 g/mol. The minimum atomic E-state index is -0.212. The number of carbonyl (C=O) groups excluding carboxylic acids is 1. The molecule has 1 aromatic carbocycles. The number of fused-ring (bicyclic) bond motifs is 1. The van der Waals surface area contributed by atoms with Gasteiger partial charge in [0.2, 0.25) is 0 Å². The fourth-order valence-corrected chi connectivity index (χ4v) is 2.33. The molecule has 1 atom stereocenters. The molecule has 5 nitrogen and oxygen atoms in total. The molecule has 110 valence electrons. The number of benzene rings is 1. The largest absolute Gasteiger partial charge is 0.496 e. The van der Waals surface area contributed by atoms with E-state index in [-0.39, 0.29) is 12.1 Å². The molecule has 2 rings (SSSR count). The fraction of sp³-hybridized carbons (Fsp3) is 0.533. The normalized spacial score (nSPS) is 16.4. The maximum atomic E-state index is 11.0. The first kappa shape index (κ1) is 14.7. The molecular formula is C15H21NO4. The first-order valence-corrected chi connectivity index (χ1v) is 6.78. The molecule has 0 aromatic heterocycles. The standard InChI is InChI=1S/C15H21NO4/c1-10-6-11-7-13(18-2)12(8-14(11)20-10)9-16-5-4-15(17)19-3/h7-8,10,16H,4-6,9H2,1-3H3. The summed E-state index contributed by atoms with van der Waals surface area (Å²) >= 11 is 0. The Labute approximate surface area is 119 Å². The number of hydrogen-bond donors (Lipinski definition) is 1. The third-order valence-electron chi connectivity index (χ3n) is 3.35. The second-order valence-electron chi connectivity index (χ2n) is 4.91. The molecule has 0 spiro atoms. The molecule has 0 saturated carbocycles. The van der Waals surface area contributed by atoms with Crippen molar-refractivity contribution < 1.29 is 19.0 Å². The Bertz CT molecular complexity index is 487. The van der Waals surface area contributed by atoms with Crippen molar-refractivity contribution in [3.05, 3.63) is 23.3 Å². The summed E-state index contributed by atoms with van der Waals surface area (Å²) in [6.45, 7) is 3.26. The Balaban J connectivity index is 1.97. The van der Waals surface area contributed by atoms with E-state index in [2.05, 4.69) is 17.0 Å². The molecule has 0 radical (unpaired) electrons. The van der Waals surface area contributed by atoms with Gasteiger partial charge in [-0.2, -0.15) is 0 Å². The molecule has 0 aliphatic carbocycles. The van der Waals surface area contributed by atoms with Crippen molar-refractivity contribution in [1.29, 1.82) is 0 Å². The number of esters is 1. The van der Waals surface area contributed by atoms with Crippen LogP contribution in [-0.4, -0.2) is 32.8 Å². The van der Waals surface area contributed by atoms with Gasteiger partial charge in [-0.15, -0.1) is 0 Å². The van der Waals surface area contributed by atoms with Crippen LogP contribution in [0.1, 0.15) is 24.5 Å². The Morgan fingerprint density at radius 3 is 2.95 bits per heavy atom. The Morgan fingerprint density at radius 1 is 1.45 bits per heavy atom. The van der Waals surface area contributed by atoms with Crippen molar-refractivity contribution in [2.75, 3.05) is 20.8 Å². The number of ether oxygens (including phenoxy) is 3. The van der Waals surface area contributed by atoms with Crippen LogP contribution >= 0.6 is 0 Å². The smallest absolute Gasteiger partial charge is 0.306 e. The summed E-state index contributed by atoms with van der Waals surface area (Å²) in [5.41, 5.74) is 2.22. The summed E-state index contributed by atoms with van der Waals surface area (Å²) in [7, 11) is 3.06. The fourth-order valence-electron chi connectivity index (χ4n) is 2.33. The van der Waals surface area contributed by atoms with Crippen molar-refractivity contribution in [2.24, 2.45) is 0 Å². The second-order valence-corrected chi connectivity index (χ2v) is 4.91. The molecule has 1 aliphatic heterocycles. The number of carbonyl (C=O) groups is 1. The molecule has 1 aliphatic rings. The van der Waals surface area contributed by atoms with E-state index in [1.54, 1.807) is 7.11 Å². The van der Waals surface area contributed by atoms with E-state index in [1.807, 2.05) is 12.1 Å². The maximum absolute atomic E-state index is 11.0. The van der Waals surface area contributed by atoms with E-state index in [0.717, 1.165) is 23.5 Å². The first-order valence-electron chi connectivity index (χ1n) is 6.78. The average Bonchev–Trinajstić information content (AvgIpc) is 2.81. The summed E-state index contributed by atoms with van der Waals surface area (Å²) < 4.78 is 15.8. The predicted octanol–water partition coefficient (Wildman–Crippen LogP) is 1.67. The molecule has 1 heterocycles. The highest BCUT2D eigenvalue weighted by atomic mass is 16.5. The van der Waals surface area contributed by atoms with Gasteiger partial charge in [-0.25, -0.2) is 0 Å². The molecule has 1 aromatic rings. The first-order chi connectivity index (χ1) is 9.63. The van der Waals surface area contributed by atoms with Crippen LogP contribution in [0, 0.1) is 0 Å². The summed E-state index contributed by atoms with van der Waals surface area (Å²) in [5.74, 6) is 1.57. The van der Waals surface area contributed by atoms with Crippen molar-refractivity contribution >= 4 is 5.97 Å². The van der Waals surface area contributed by atoms with Crippen LogP contribution in [0.2, 0.25) is 0 Å². The number of nitrogens with one attached hydrogen (secondary N) is 1. The highest BCUT2D eigenvalue weighted by molar-refractivity contribution is 5.69. The van der Waals surface area contributed by atoms with Gasteiger partial charge < -0.3 is 19.5 Å². The molecule has 1 unspecified atom stereocenters. The molecule has 1 N–H and O–H groups in total. The van der Waals surface area contributed by atoms with Crippen LogP contribution in [0.3, 0.4) is 0 Å². The van der Waals surface area contributed by atoms with E-state index in [4.69, 9.17) is 9.47 Å². The zero-order valence-electron chi connectivity index (χ0n) is 12.2. The van der Waals surface area contributed by atoms with Gasteiger partial charge in [0.1, 0.15) is 17.6 Å². The van der Waals surface area contributed by atoms with Crippen molar-refractivity contribution in [1.82, 2.24) is 5.32 Å². The lowest BCUT2D eigenvalue weighted by atomic mass is 10.1.